The van der Waals surface area contributed by atoms with Crippen molar-refractivity contribution in [2.75, 3.05) is 0 Å². The summed E-state index contributed by atoms with van der Waals surface area (Å²) in [6.45, 7) is 17.7. The molecule has 31 heavy (non-hydrogen) atoms. The molecule has 2 heteroatoms. The molecule has 0 saturated heterocycles. The highest BCUT2D eigenvalue weighted by molar-refractivity contribution is 6.24. The molecule has 3 atom stereocenters. The Labute approximate surface area is 192 Å². The second kappa shape index (κ2) is 11.6. The van der Waals surface area contributed by atoms with Gasteiger partial charge in [-0.05, 0) is 51.4 Å². The maximum Gasteiger partial charge on any atom is 0.351 e. The van der Waals surface area contributed by atoms with Crippen LogP contribution in [0.25, 0.3) is 0 Å². The van der Waals surface area contributed by atoms with Gasteiger partial charge in [-0.25, -0.2) is 4.42 Å². The monoisotopic (exact) mass is 429 g/mol. The van der Waals surface area contributed by atoms with Crippen molar-refractivity contribution in [3.63, 3.8) is 0 Å². The van der Waals surface area contributed by atoms with Crippen LogP contribution in [0.2, 0.25) is 0 Å². The predicted molar refractivity (Wildman–Crippen MR) is 133 cm³/mol. The molecule has 0 radical (unpaired) electrons. The lowest BCUT2D eigenvalue weighted by molar-refractivity contribution is -0.555. The molecule has 0 spiro atoms. The first kappa shape index (κ1) is 26.1. The summed E-state index contributed by atoms with van der Waals surface area (Å²) in [5, 5.41) is 0. The molecule has 0 saturated carbocycles. The Hall–Kier alpha value is -1.18. The summed E-state index contributed by atoms with van der Waals surface area (Å²) in [4.78, 5) is 12.4. The molecule has 0 aromatic rings. The van der Waals surface area contributed by atoms with Crippen LogP contribution in [-0.4, -0.2) is 17.2 Å². The van der Waals surface area contributed by atoms with E-state index in [9.17, 15) is 4.79 Å². The summed E-state index contributed by atoms with van der Waals surface area (Å²) in [7, 11) is 0. The van der Waals surface area contributed by atoms with E-state index < -0.39 is 0 Å². The van der Waals surface area contributed by atoms with Crippen molar-refractivity contribution in [3.8, 4) is 0 Å². The fourth-order valence-electron chi connectivity index (χ4n) is 5.26. The minimum Gasteiger partial charge on any atom is -0.289 e. The SMILES string of the molecule is CC1=C(C)C2=[O+][C@](C)(CCC[C@H](C)CCC[C@H](C)CCCC(C)C)CCC2=C(C)C1=O. The Bertz CT molecular complexity index is 721. The summed E-state index contributed by atoms with van der Waals surface area (Å²) < 4.78 is 6.58. The zero-order valence-corrected chi connectivity index (χ0v) is 21.8. The summed E-state index contributed by atoms with van der Waals surface area (Å²) in [5.41, 5.74) is 3.86. The van der Waals surface area contributed by atoms with Gasteiger partial charge in [-0.15, -0.1) is 0 Å². The summed E-state index contributed by atoms with van der Waals surface area (Å²) >= 11 is 0. The van der Waals surface area contributed by atoms with E-state index in [-0.39, 0.29) is 11.4 Å². The van der Waals surface area contributed by atoms with Gasteiger partial charge in [0.15, 0.2) is 5.78 Å². The molecule has 2 aliphatic rings. The first-order valence-electron chi connectivity index (χ1n) is 13.0. The Kier molecular flexibility index (Phi) is 9.77. The summed E-state index contributed by atoms with van der Waals surface area (Å²) in [5.74, 6) is 3.73. The average molecular weight is 430 g/mol. The smallest absolute Gasteiger partial charge is 0.289 e. The van der Waals surface area contributed by atoms with Crippen LogP contribution < -0.4 is 0 Å². The van der Waals surface area contributed by atoms with Gasteiger partial charge in [0, 0.05) is 30.9 Å². The van der Waals surface area contributed by atoms with E-state index in [1.807, 2.05) is 20.8 Å². The molecular weight excluding hydrogens is 380 g/mol. The Balaban J connectivity index is 1.76. The van der Waals surface area contributed by atoms with Crippen LogP contribution in [0.15, 0.2) is 22.3 Å². The maximum atomic E-state index is 12.4. The fraction of sp³-hybridized carbons (Fsp3) is 0.793. The second-order valence-corrected chi connectivity index (χ2v) is 11.4. The van der Waals surface area contributed by atoms with Gasteiger partial charge in [0.1, 0.15) is 0 Å². The van der Waals surface area contributed by atoms with Gasteiger partial charge in [0.2, 0.25) is 0 Å². The lowest BCUT2D eigenvalue weighted by Gasteiger charge is -2.25. The molecule has 0 amide bonds. The minimum absolute atomic E-state index is 0.0916. The third-order valence-electron chi connectivity index (χ3n) is 7.84. The third-order valence-corrected chi connectivity index (χ3v) is 7.84. The van der Waals surface area contributed by atoms with Crippen molar-refractivity contribution >= 4 is 11.6 Å². The highest BCUT2D eigenvalue weighted by Crippen LogP contribution is 2.36. The molecule has 1 aliphatic heterocycles. The normalized spacial score (nSPS) is 23.9. The molecule has 0 aromatic heterocycles. The predicted octanol–water partition coefficient (Wildman–Crippen LogP) is 8.32. The van der Waals surface area contributed by atoms with Crippen LogP contribution in [0, 0.1) is 17.8 Å². The van der Waals surface area contributed by atoms with E-state index in [2.05, 4.69) is 34.6 Å². The number of Topliss-reactive ketones (excluding diaryl/α,β-unsaturated/α-hetero) is 1. The number of fused-ring (bicyclic) bond motifs is 1. The van der Waals surface area contributed by atoms with E-state index in [1.165, 1.54) is 51.4 Å². The lowest BCUT2D eigenvalue weighted by atomic mass is 9.79. The second-order valence-electron chi connectivity index (χ2n) is 11.4. The average Bonchev–Trinajstić information content (AvgIpc) is 2.70. The van der Waals surface area contributed by atoms with Crippen LogP contribution in [0.3, 0.4) is 0 Å². The Morgan fingerprint density at radius 1 is 0.806 bits per heavy atom. The van der Waals surface area contributed by atoms with Crippen molar-refractivity contribution in [3.05, 3.63) is 22.3 Å². The molecule has 1 aliphatic carbocycles. The topological polar surface area (TPSA) is 28.4 Å². The molecule has 176 valence electrons. The van der Waals surface area contributed by atoms with Gasteiger partial charge >= 0.3 is 5.78 Å². The number of rotatable bonds is 12. The van der Waals surface area contributed by atoms with Gasteiger partial charge < -0.3 is 0 Å². The van der Waals surface area contributed by atoms with E-state index in [1.54, 1.807) is 0 Å². The van der Waals surface area contributed by atoms with Crippen LogP contribution in [0.1, 0.15) is 126 Å². The quantitative estimate of drug-likeness (QED) is 0.226. The van der Waals surface area contributed by atoms with Crippen LogP contribution in [-0.2, 0) is 9.22 Å². The first-order valence-corrected chi connectivity index (χ1v) is 13.0. The number of carbonyl (C=O) groups is 1. The van der Waals surface area contributed by atoms with Crippen LogP contribution in [0.5, 0.6) is 0 Å². The van der Waals surface area contributed by atoms with Gasteiger partial charge in [0.05, 0.1) is 11.1 Å². The maximum absolute atomic E-state index is 12.4. The molecule has 2 rings (SSSR count). The molecule has 0 bridgehead atoms. The minimum atomic E-state index is -0.0916. The molecule has 0 unspecified atom stereocenters. The molecular formula is C29H49O2+. The number of hydrogen-bond acceptors (Lipinski definition) is 1. The van der Waals surface area contributed by atoms with Gasteiger partial charge in [-0.1, -0.05) is 72.6 Å². The van der Waals surface area contributed by atoms with Crippen molar-refractivity contribution in [2.45, 2.75) is 132 Å². The number of ketones is 2. The van der Waals surface area contributed by atoms with E-state index in [0.29, 0.717) is 0 Å². The summed E-state index contributed by atoms with van der Waals surface area (Å²) in [6.07, 6.45) is 13.9. The van der Waals surface area contributed by atoms with Gasteiger partial charge in [0.25, 0.3) is 5.60 Å². The first-order chi connectivity index (χ1) is 14.5. The zero-order valence-electron chi connectivity index (χ0n) is 21.8. The standard InChI is InChI=1S/C29H49O2/c1-20(2)12-9-13-21(3)14-10-15-22(4)16-11-18-29(8)19-17-26-25(7)27(30)23(5)24(6)28(26)31-29/h20-22H,9-19H2,1-8H3/q+1/t21-,22-,29-/m1/s1. The Morgan fingerprint density at radius 2 is 1.35 bits per heavy atom. The summed E-state index contributed by atoms with van der Waals surface area (Å²) in [6, 6.07) is 0. The lowest BCUT2D eigenvalue weighted by Crippen LogP contribution is -2.36. The highest BCUT2D eigenvalue weighted by atomic mass is 16.4. The zero-order chi connectivity index (χ0) is 23.2. The van der Waals surface area contributed by atoms with Crippen LogP contribution >= 0.6 is 0 Å². The van der Waals surface area contributed by atoms with Crippen molar-refractivity contribution in [1.29, 1.82) is 0 Å². The molecule has 1 heterocycles. The van der Waals surface area contributed by atoms with E-state index >= 15 is 0 Å². The third kappa shape index (κ3) is 7.43. The van der Waals surface area contributed by atoms with Gasteiger partial charge in [-0.3, -0.25) is 4.79 Å². The van der Waals surface area contributed by atoms with Crippen molar-refractivity contribution in [2.24, 2.45) is 17.8 Å². The number of hydrogen-bond donors (Lipinski definition) is 0. The fourth-order valence-corrected chi connectivity index (χ4v) is 5.26. The number of allylic oxidation sites excluding steroid dienone is 4. The van der Waals surface area contributed by atoms with Crippen LogP contribution in [0.4, 0.5) is 0 Å². The molecule has 0 N–H and O–H groups in total. The largest absolute Gasteiger partial charge is 0.351 e. The molecule has 2 nitrogen and oxygen atoms in total. The van der Waals surface area contributed by atoms with E-state index in [0.717, 1.165) is 65.1 Å². The molecule has 0 aromatic carbocycles. The number of carbonyl (C=O) groups excluding carboxylic acids is 2. The Morgan fingerprint density at radius 3 is 1.94 bits per heavy atom. The highest BCUT2D eigenvalue weighted by Gasteiger charge is 2.45. The van der Waals surface area contributed by atoms with Gasteiger partial charge in [-0.2, -0.15) is 0 Å². The van der Waals surface area contributed by atoms with E-state index in [4.69, 9.17) is 4.42 Å². The molecule has 0 fully saturated rings. The van der Waals surface area contributed by atoms with Crippen molar-refractivity contribution in [1.82, 2.24) is 0 Å². The van der Waals surface area contributed by atoms with Crippen molar-refractivity contribution < 1.29 is 9.22 Å².